The Morgan fingerprint density at radius 3 is 1.81 bits per heavy atom. The van der Waals surface area contributed by atoms with E-state index in [1.807, 2.05) is 0 Å². The highest BCUT2D eigenvalue weighted by molar-refractivity contribution is 7.00. The number of rotatable bonds is 4. The molecule has 0 bridgehead atoms. The molecule has 6 aromatic rings. The van der Waals surface area contributed by atoms with Gasteiger partial charge < -0.3 is 14.7 Å². The Balaban J connectivity index is 1.36. The van der Waals surface area contributed by atoms with Gasteiger partial charge in [-0.3, -0.25) is 0 Å². The third-order valence-electron chi connectivity index (χ3n) is 15.0. The summed E-state index contributed by atoms with van der Waals surface area (Å²) in [6.07, 6.45) is 4.90. The molecule has 0 radical (unpaired) electrons. The lowest BCUT2D eigenvalue weighted by molar-refractivity contribution is 0.195. The van der Waals surface area contributed by atoms with E-state index >= 15 is 0 Å². The minimum absolute atomic E-state index is 0.00786. The van der Waals surface area contributed by atoms with E-state index in [-0.39, 0.29) is 28.5 Å². The molecule has 2 atom stereocenters. The van der Waals surface area contributed by atoms with E-state index in [9.17, 15) is 0 Å². The van der Waals surface area contributed by atoms with Gasteiger partial charge in [-0.25, -0.2) is 0 Å². The van der Waals surface area contributed by atoms with E-state index < -0.39 is 0 Å². The van der Waals surface area contributed by atoms with Crippen LogP contribution in [0.4, 0.5) is 45.5 Å². The van der Waals surface area contributed by atoms with Crippen molar-refractivity contribution in [1.82, 2.24) is 0 Å². The van der Waals surface area contributed by atoms with E-state index in [1.165, 1.54) is 115 Å². The highest BCUT2D eigenvalue weighted by atomic mass is 15.3. The Hall–Kier alpha value is -5.22. The second-order valence-corrected chi connectivity index (χ2v) is 20.8. The summed E-state index contributed by atoms with van der Waals surface area (Å²) in [6.45, 7) is 26.1. The van der Waals surface area contributed by atoms with Crippen LogP contribution >= 0.6 is 0 Å². The van der Waals surface area contributed by atoms with Gasteiger partial charge >= 0.3 is 0 Å². The molecular weight excluding hydrogens is 713 g/mol. The van der Waals surface area contributed by atoms with Gasteiger partial charge in [-0.1, -0.05) is 140 Å². The van der Waals surface area contributed by atoms with E-state index in [0.29, 0.717) is 0 Å². The van der Waals surface area contributed by atoms with Gasteiger partial charge in [0.05, 0.1) is 11.2 Å². The summed E-state index contributed by atoms with van der Waals surface area (Å²) in [5.41, 5.74) is 22.7. The third-order valence-corrected chi connectivity index (χ3v) is 15.0. The maximum atomic E-state index is 2.88. The number of aryl methyl sites for hydroxylation is 3. The molecule has 10 rings (SSSR count). The van der Waals surface area contributed by atoms with Gasteiger partial charge in [-0.2, -0.15) is 0 Å². The molecule has 0 aromatic heterocycles. The van der Waals surface area contributed by atoms with Crippen LogP contribution in [0, 0.1) is 20.8 Å². The van der Waals surface area contributed by atoms with Gasteiger partial charge in [-0.15, -0.1) is 0 Å². The number of benzene rings is 6. The molecule has 4 aliphatic rings. The van der Waals surface area contributed by atoms with Gasteiger partial charge in [0.2, 0.25) is 0 Å². The topological polar surface area (TPSA) is 9.72 Å². The Labute approximate surface area is 354 Å². The average molecular weight is 774 g/mol. The number of fused-ring (bicyclic) bond motifs is 7. The third kappa shape index (κ3) is 5.47. The molecule has 1 fully saturated rings. The SMILES string of the molecule is Cc1cc2c3c(c1)C1(C)CCCCC1(C)N3c1cc(N(c3ccccc3C)c3ccccc3C)cc3c1B2c1cc(C(C)(C)C)ccc1N3c1ccc(C(C)(C)C)cc1. The first-order valence-corrected chi connectivity index (χ1v) is 22.1. The lowest BCUT2D eigenvalue weighted by Crippen LogP contribution is -2.64. The first-order chi connectivity index (χ1) is 28.0. The predicted molar refractivity (Wildman–Crippen MR) is 255 cm³/mol. The average Bonchev–Trinajstić information content (AvgIpc) is 3.40. The van der Waals surface area contributed by atoms with Crippen molar-refractivity contribution >= 4 is 68.6 Å². The standard InChI is InChI=1S/C55H60BN3/c1-35-30-42-51-44(31-35)56-43-32-39(53(7,8)9)24-27-47(43)57(40-25-22-38(23-26-40)52(4,5)6)48-33-41(34-49(50(48)56)59(51)55(11)29-17-16-28-54(42,55)10)58(45-20-14-12-18-36(45)2)46-21-15-13-19-37(46)3/h12-15,18-27,30-34H,16-17,28-29H2,1-11H3. The molecule has 1 aliphatic carbocycles. The highest BCUT2D eigenvalue weighted by Gasteiger charge is 2.61. The van der Waals surface area contributed by atoms with Crippen molar-refractivity contribution in [3.05, 3.63) is 149 Å². The summed E-state index contributed by atoms with van der Waals surface area (Å²) in [5, 5.41) is 0. The minimum atomic E-state index is -0.0730. The summed E-state index contributed by atoms with van der Waals surface area (Å²) < 4.78 is 0. The second-order valence-electron chi connectivity index (χ2n) is 20.8. The van der Waals surface area contributed by atoms with Crippen LogP contribution in [0.3, 0.4) is 0 Å². The zero-order valence-corrected chi connectivity index (χ0v) is 37.2. The molecule has 6 aromatic carbocycles. The molecule has 298 valence electrons. The summed E-state index contributed by atoms with van der Waals surface area (Å²) >= 11 is 0. The first-order valence-electron chi connectivity index (χ1n) is 22.1. The number of para-hydroxylation sites is 2. The van der Waals surface area contributed by atoms with E-state index in [0.717, 1.165) is 0 Å². The molecule has 59 heavy (non-hydrogen) atoms. The second kappa shape index (κ2) is 12.9. The number of anilines is 8. The van der Waals surface area contributed by atoms with Crippen molar-refractivity contribution in [3.8, 4) is 0 Å². The fraction of sp³-hybridized carbons (Fsp3) is 0.345. The smallest absolute Gasteiger partial charge is 0.252 e. The lowest BCUT2D eigenvalue weighted by Gasteiger charge is -2.53. The summed E-state index contributed by atoms with van der Waals surface area (Å²) in [5.74, 6) is 0. The van der Waals surface area contributed by atoms with Gasteiger partial charge in [0, 0.05) is 45.2 Å². The zero-order valence-electron chi connectivity index (χ0n) is 37.2. The zero-order chi connectivity index (χ0) is 41.4. The molecule has 0 spiro atoms. The van der Waals surface area contributed by atoms with Crippen molar-refractivity contribution in [2.24, 2.45) is 0 Å². The van der Waals surface area contributed by atoms with Crippen LogP contribution in [0.2, 0.25) is 0 Å². The number of hydrogen-bond acceptors (Lipinski definition) is 3. The summed E-state index contributed by atoms with van der Waals surface area (Å²) in [7, 11) is 0. The van der Waals surface area contributed by atoms with Crippen LogP contribution in [0.1, 0.15) is 114 Å². The van der Waals surface area contributed by atoms with Gasteiger partial charge in [0.15, 0.2) is 0 Å². The summed E-state index contributed by atoms with van der Waals surface area (Å²) in [4.78, 5) is 8.03. The van der Waals surface area contributed by atoms with Gasteiger partial charge in [-0.05, 0) is 138 Å². The molecule has 3 heterocycles. The molecule has 3 nitrogen and oxygen atoms in total. The van der Waals surface area contributed by atoms with Crippen LogP contribution in [-0.2, 0) is 16.2 Å². The fourth-order valence-corrected chi connectivity index (χ4v) is 11.5. The molecule has 0 saturated heterocycles. The van der Waals surface area contributed by atoms with Crippen molar-refractivity contribution in [2.75, 3.05) is 14.7 Å². The van der Waals surface area contributed by atoms with Crippen molar-refractivity contribution in [1.29, 1.82) is 0 Å². The molecule has 1 saturated carbocycles. The van der Waals surface area contributed by atoms with Crippen LogP contribution in [0.5, 0.6) is 0 Å². The van der Waals surface area contributed by atoms with E-state index in [2.05, 4.69) is 206 Å². The Bertz CT molecular complexity index is 2630. The van der Waals surface area contributed by atoms with E-state index in [4.69, 9.17) is 0 Å². The highest BCUT2D eigenvalue weighted by Crippen LogP contribution is 2.62. The molecule has 3 aliphatic heterocycles. The van der Waals surface area contributed by atoms with Crippen LogP contribution in [0.25, 0.3) is 0 Å². The van der Waals surface area contributed by atoms with Crippen LogP contribution < -0.4 is 31.1 Å². The first kappa shape index (κ1) is 38.0. The Morgan fingerprint density at radius 2 is 1.19 bits per heavy atom. The lowest BCUT2D eigenvalue weighted by atomic mass is 9.33. The van der Waals surface area contributed by atoms with E-state index in [1.54, 1.807) is 5.56 Å². The maximum absolute atomic E-state index is 2.88. The van der Waals surface area contributed by atoms with Crippen molar-refractivity contribution in [3.63, 3.8) is 0 Å². The van der Waals surface area contributed by atoms with Crippen molar-refractivity contribution < 1.29 is 0 Å². The van der Waals surface area contributed by atoms with Crippen LogP contribution in [0.15, 0.2) is 115 Å². The molecule has 0 amide bonds. The van der Waals surface area contributed by atoms with Crippen LogP contribution in [-0.4, -0.2) is 12.3 Å². The van der Waals surface area contributed by atoms with Gasteiger partial charge in [0.1, 0.15) is 0 Å². The number of nitrogens with zero attached hydrogens (tertiary/aromatic N) is 3. The normalized spacial score (nSPS) is 20.2. The molecule has 4 heteroatoms. The largest absolute Gasteiger partial charge is 0.335 e. The quantitative estimate of drug-likeness (QED) is 0.165. The van der Waals surface area contributed by atoms with Gasteiger partial charge in [0.25, 0.3) is 6.71 Å². The molecular formula is C55H60BN3. The Kier molecular flexibility index (Phi) is 8.31. The van der Waals surface area contributed by atoms with Crippen molar-refractivity contribution in [2.45, 2.75) is 124 Å². The number of hydrogen-bond donors (Lipinski definition) is 0. The maximum Gasteiger partial charge on any atom is 0.252 e. The Morgan fingerprint density at radius 1 is 0.593 bits per heavy atom. The minimum Gasteiger partial charge on any atom is -0.335 e. The monoisotopic (exact) mass is 773 g/mol. The molecule has 2 unspecified atom stereocenters. The predicted octanol–water partition coefficient (Wildman–Crippen LogP) is 13.0. The molecule has 0 N–H and O–H groups in total. The fourth-order valence-electron chi connectivity index (χ4n) is 11.5. The summed E-state index contributed by atoms with van der Waals surface area (Å²) in [6, 6.07) is 44.9.